The number of anilines is 1. The maximum absolute atomic E-state index is 12.9. The van der Waals surface area contributed by atoms with Gasteiger partial charge in [-0.25, -0.2) is 0 Å². The van der Waals surface area contributed by atoms with Gasteiger partial charge in [-0.1, -0.05) is 6.42 Å². The van der Waals surface area contributed by atoms with Gasteiger partial charge in [0.25, 0.3) is 11.5 Å². The molecule has 0 saturated carbocycles. The Morgan fingerprint density at radius 3 is 2.52 bits per heavy atom. The molecule has 0 saturated heterocycles. The molecule has 6 nitrogen and oxygen atoms in total. The molecule has 1 aliphatic rings. The Labute approximate surface area is 146 Å². The Kier molecular flexibility index (Phi) is 5.07. The van der Waals surface area contributed by atoms with E-state index < -0.39 is 0 Å². The number of rotatable bonds is 4. The van der Waals surface area contributed by atoms with E-state index in [0.717, 1.165) is 30.7 Å². The summed E-state index contributed by atoms with van der Waals surface area (Å²) in [5, 5.41) is 2.88. The minimum Gasteiger partial charge on any atom is -0.497 e. The van der Waals surface area contributed by atoms with Crippen molar-refractivity contribution in [3.63, 3.8) is 0 Å². The normalized spacial score (nSPS) is 13.5. The molecule has 132 valence electrons. The van der Waals surface area contributed by atoms with Crippen molar-refractivity contribution in [2.45, 2.75) is 32.2 Å². The second kappa shape index (κ2) is 7.42. The summed E-state index contributed by atoms with van der Waals surface area (Å²) in [6.07, 6.45) is 3.63. The zero-order valence-electron chi connectivity index (χ0n) is 14.5. The summed E-state index contributed by atoms with van der Waals surface area (Å²) in [7, 11) is 3.07. The highest BCUT2D eigenvalue weighted by molar-refractivity contribution is 6.07. The summed E-state index contributed by atoms with van der Waals surface area (Å²) in [5.41, 5.74) is 1.74. The van der Waals surface area contributed by atoms with Gasteiger partial charge in [0.1, 0.15) is 17.1 Å². The van der Waals surface area contributed by atoms with E-state index in [1.165, 1.54) is 13.2 Å². The Morgan fingerprint density at radius 1 is 1.08 bits per heavy atom. The first-order chi connectivity index (χ1) is 12.1. The average Bonchev–Trinajstić information content (AvgIpc) is 2.88. The Morgan fingerprint density at radius 2 is 1.84 bits per heavy atom. The van der Waals surface area contributed by atoms with Gasteiger partial charge < -0.3 is 19.4 Å². The van der Waals surface area contributed by atoms with E-state index in [-0.39, 0.29) is 11.5 Å². The number of nitrogens with zero attached hydrogens (tertiary/aromatic N) is 1. The molecule has 0 bridgehead atoms. The monoisotopic (exact) mass is 342 g/mol. The number of aromatic nitrogens is 1. The van der Waals surface area contributed by atoms with E-state index in [2.05, 4.69) is 5.32 Å². The van der Waals surface area contributed by atoms with E-state index in [0.29, 0.717) is 30.0 Å². The van der Waals surface area contributed by atoms with Gasteiger partial charge in [-0.3, -0.25) is 9.59 Å². The Hall–Kier alpha value is -2.76. The summed E-state index contributed by atoms with van der Waals surface area (Å²) in [5.74, 6) is 0.771. The van der Waals surface area contributed by atoms with Crippen LogP contribution in [-0.4, -0.2) is 24.7 Å². The number of hydrogen-bond donors (Lipinski definition) is 1. The molecule has 0 spiro atoms. The molecule has 0 aliphatic carbocycles. The molecule has 1 aliphatic heterocycles. The number of carbonyl (C=O) groups excluding carboxylic acids is 1. The summed E-state index contributed by atoms with van der Waals surface area (Å²) >= 11 is 0. The van der Waals surface area contributed by atoms with Crippen LogP contribution in [0, 0.1) is 0 Å². The molecule has 1 amide bonds. The maximum atomic E-state index is 12.9. The standard InChI is InChI=1S/C19H22N2O4/c1-24-14-9-7-13(8-10-14)20-19(23)18-15-6-4-3-5-11-21(15)17(22)12-16(18)25-2/h7-10,12H,3-6,11H2,1-2H3,(H,20,23). The highest BCUT2D eigenvalue weighted by Crippen LogP contribution is 2.26. The minimum atomic E-state index is -0.271. The zero-order valence-corrected chi connectivity index (χ0v) is 14.5. The van der Waals surface area contributed by atoms with Gasteiger partial charge in [-0.05, 0) is 43.5 Å². The summed E-state index contributed by atoms with van der Waals surface area (Å²) < 4.78 is 12.2. The van der Waals surface area contributed by atoms with E-state index in [9.17, 15) is 9.59 Å². The fourth-order valence-electron chi connectivity index (χ4n) is 3.19. The summed E-state index contributed by atoms with van der Waals surface area (Å²) in [6, 6.07) is 8.51. The van der Waals surface area contributed by atoms with E-state index in [1.54, 1.807) is 35.9 Å². The smallest absolute Gasteiger partial charge is 0.261 e. The highest BCUT2D eigenvalue weighted by atomic mass is 16.5. The molecule has 6 heteroatoms. The molecule has 0 atom stereocenters. The molecule has 1 aromatic heterocycles. The van der Waals surface area contributed by atoms with Crippen molar-refractivity contribution in [3.05, 3.63) is 51.9 Å². The molecule has 2 heterocycles. The molecular formula is C19H22N2O4. The van der Waals surface area contributed by atoms with Gasteiger partial charge in [-0.15, -0.1) is 0 Å². The number of ether oxygens (including phenoxy) is 2. The number of fused-ring (bicyclic) bond motifs is 1. The van der Waals surface area contributed by atoms with Crippen LogP contribution in [0.25, 0.3) is 0 Å². The molecule has 2 aromatic rings. The SMILES string of the molecule is COc1ccc(NC(=O)c2c(OC)cc(=O)n3c2CCCCC3)cc1. The zero-order chi connectivity index (χ0) is 17.8. The first kappa shape index (κ1) is 17.1. The van der Waals surface area contributed by atoms with Gasteiger partial charge in [0.05, 0.1) is 14.2 Å². The first-order valence-corrected chi connectivity index (χ1v) is 8.40. The first-order valence-electron chi connectivity index (χ1n) is 8.40. The lowest BCUT2D eigenvalue weighted by atomic mass is 10.1. The fourth-order valence-corrected chi connectivity index (χ4v) is 3.19. The van der Waals surface area contributed by atoms with Crippen LogP contribution in [0.4, 0.5) is 5.69 Å². The third kappa shape index (κ3) is 3.52. The van der Waals surface area contributed by atoms with Crippen molar-refractivity contribution in [2.75, 3.05) is 19.5 Å². The molecular weight excluding hydrogens is 320 g/mol. The van der Waals surface area contributed by atoms with Gasteiger partial charge in [-0.2, -0.15) is 0 Å². The van der Waals surface area contributed by atoms with Crippen molar-refractivity contribution < 1.29 is 14.3 Å². The molecule has 1 N–H and O–H groups in total. The highest BCUT2D eigenvalue weighted by Gasteiger charge is 2.23. The third-order valence-electron chi connectivity index (χ3n) is 4.47. The predicted molar refractivity (Wildman–Crippen MR) is 95.8 cm³/mol. The Balaban J connectivity index is 1.99. The second-order valence-corrected chi connectivity index (χ2v) is 6.02. The number of benzene rings is 1. The van der Waals surface area contributed by atoms with Gasteiger partial charge in [0.15, 0.2) is 0 Å². The summed E-state index contributed by atoms with van der Waals surface area (Å²) in [6.45, 7) is 0.640. The topological polar surface area (TPSA) is 69.6 Å². The van der Waals surface area contributed by atoms with Crippen molar-refractivity contribution >= 4 is 11.6 Å². The number of hydrogen-bond acceptors (Lipinski definition) is 4. The van der Waals surface area contributed by atoms with Gasteiger partial charge in [0, 0.05) is 24.0 Å². The molecule has 25 heavy (non-hydrogen) atoms. The third-order valence-corrected chi connectivity index (χ3v) is 4.47. The van der Waals surface area contributed by atoms with Crippen molar-refractivity contribution in [1.82, 2.24) is 4.57 Å². The number of amides is 1. The maximum Gasteiger partial charge on any atom is 0.261 e. The lowest BCUT2D eigenvalue weighted by Gasteiger charge is -2.17. The molecule has 3 rings (SSSR count). The largest absolute Gasteiger partial charge is 0.497 e. The lowest BCUT2D eigenvalue weighted by Crippen LogP contribution is -2.27. The van der Waals surface area contributed by atoms with E-state index in [1.807, 2.05) is 0 Å². The minimum absolute atomic E-state index is 0.116. The van der Waals surface area contributed by atoms with Crippen LogP contribution in [0.2, 0.25) is 0 Å². The van der Waals surface area contributed by atoms with Crippen LogP contribution < -0.4 is 20.3 Å². The van der Waals surface area contributed by atoms with Crippen LogP contribution in [0.15, 0.2) is 35.1 Å². The Bertz CT molecular complexity index is 825. The van der Waals surface area contributed by atoms with Gasteiger partial charge >= 0.3 is 0 Å². The quantitative estimate of drug-likeness (QED) is 0.928. The van der Waals surface area contributed by atoms with E-state index in [4.69, 9.17) is 9.47 Å². The molecule has 0 fully saturated rings. The van der Waals surface area contributed by atoms with Crippen LogP contribution >= 0.6 is 0 Å². The van der Waals surface area contributed by atoms with Crippen LogP contribution in [0.5, 0.6) is 11.5 Å². The van der Waals surface area contributed by atoms with Crippen LogP contribution in [0.1, 0.15) is 35.3 Å². The number of nitrogens with one attached hydrogen (secondary N) is 1. The molecule has 1 aromatic carbocycles. The van der Waals surface area contributed by atoms with Crippen molar-refractivity contribution in [3.8, 4) is 11.5 Å². The fraction of sp³-hybridized carbons (Fsp3) is 0.368. The van der Waals surface area contributed by atoms with Crippen LogP contribution in [0.3, 0.4) is 0 Å². The number of methoxy groups -OCH3 is 2. The summed E-state index contributed by atoms with van der Waals surface area (Å²) in [4.78, 5) is 25.2. The van der Waals surface area contributed by atoms with Gasteiger partial charge in [0.2, 0.25) is 0 Å². The van der Waals surface area contributed by atoms with E-state index >= 15 is 0 Å². The number of carbonyl (C=O) groups is 1. The van der Waals surface area contributed by atoms with Crippen molar-refractivity contribution in [2.24, 2.45) is 0 Å². The number of pyridine rings is 1. The molecule has 0 radical (unpaired) electrons. The van der Waals surface area contributed by atoms with Crippen LogP contribution in [-0.2, 0) is 13.0 Å². The van der Waals surface area contributed by atoms with Crippen molar-refractivity contribution in [1.29, 1.82) is 0 Å². The second-order valence-electron chi connectivity index (χ2n) is 6.02. The predicted octanol–water partition coefficient (Wildman–Crippen LogP) is 2.84. The lowest BCUT2D eigenvalue weighted by molar-refractivity contribution is 0.102. The molecule has 0 unspecified atom stereocenters. The average molecular weight is 342 g/mol.